The van der Waals surface area contributed by atoms with E-state index in [0.717, 1.165) is 0 Å². The quantitative estimate of drug-likeness (QED) is 0.804. The first-order valence-electron chi connectivity index (χ1n) is 7.74. The molecular formula is C15H27N3O2. The summed E-state index contributed by atoms with van der Waals surface area (Å²) in [6.45, 7) is 4.93. The van der Waals surface area contributed by atoms with Gasteiger partial charge in [-0.05, 0) is 12.8 Å². The predicted molar refractivity (Wildman–Crippen MR) is 79.0 cm³/mol. The molecule has 1 aromatic heterocycles. The average molecular weight is 281 g/mol. The van der Waals surface area contributed by atoms with Crippen LogP contribution in [0.3, 0.4) is 0 Å². The first kappa shape index (κ1) is 15.3. The highest BCUT2D eigenvalue weighted by Crippen LogP contribution is 2.28. The van der Waals surface area contributed by atoms with E-state index in [1.54, 1.807) is 0 Å². The summed E-state index contributed by atoms with van der Waals surface area (Å²) >= 11 is 0. The Morgan fingerprint density at radius 1 is 1.40 bits per heavy atom. The molecule has 1 saturated carbocycles. The molecule has 1 aliphatic carbocycles. The molecule has 0 saturated heterocycles. The van der Waals surface area contributed by atoms with Crippen LogP contribution >= 0.6 is 0 Å². The zero-order valence-electron chi connectivity index (χ0n) is 12.6. The van der Waals surface area contributed by atoms with E-state index in [1.165, 1.54) is 32.1 Å². The maximum absolute atomic E-state index is 9.79. The van der Waals surface area contributed by atoms with Gasteiger partial charge >= 0.3 is 0 Å². The zero-order valence-corrected chi connectivity index (χ0v) is 12.6. The van der Waals surface area contributed by atoms with Crippen molar-refractivity contribution >= 4 is 0 Å². The maximum Gasteiger partial charge on any atom is 0.232 e. The van der Waals surface area contributed by atoms with Gasteiger partial charge in [-0.1, -0.05) is 33.1 Å². The molecule has 0 spiro atoms. The highest BCUT2D eigenvalue weighted by Gasteiger charge is 2.16. The SMILES string of the molecule is CC(C)NCC(O)COc1ccn(C2CCCCC2)n1. The number of hydrogen-bond donors (Lipinski definition) is 2. The van der Waals surface area contributed by atoms with Crippen molar-refractivity contribution in [2.24, 2.45) is 0 Å². The lowest BCUT2D eigenvalue weighted by atomic mass is 9.96. The Hall–Kier alpha value is -1.07. The van der Waals surface area contributed by atoms with Gasteiger partial charge in [-0.3, -0.25) is 4.68 Å². The molecule has 2 rings (SSSR count). The second-order valence-corrected chi connectivity index (χ2v) is 5.95. The summed E-state index contributed by atoms with van der Waals surface area (Å²) < 4.78 is 7.57. The first-order valence-corrected chi connectivity index (χ1v) is 7.74. The third-order valence-corrected chi connectivity index (χ3v) is 3.72. The Morgan fingerprint density at radius 2 is 2.15 bits per heavy atom. The van der Waals surface area contributed by atoms with E-state index in [-0.39, 0.29) is 6.61 Å². The largest absolute Gasteiger partial charge is 0.474 e. The molecule has 1 heterocycles. The minimum Gasteiger partial charge on any atom is -0.474 e. The average Bonchev–Trinajstić information content (AvgIpc) is 2.93. The molecule has 5 nitrogen and oxygen atoms in total. The molecule has 20 heavy (non-hydrogen) atoms. The van der Waals surface area contributed by atoms with Gasteiger partial charge in [-0.15, -0.1) is 5.10 Å². The first-order chi connectivity index (χ1) is 9.65. The molecule has 1 atom stereocenters. The molecule has 114 valence electrons. The van der Waals surface area contributed by atoms with Gasteiger partial charge in [0, 0.05) is 24.8 Å². The Balaban J connectivity index is 1.74. The molecule has 5 heteroatoms. The van der Waals surface area contributed by atoms with E-state index in [4.69, 9.17) is 4.74 Å². The van der Waals surface area contributed by atoms with Gasteiger partial charge in [0.1, 0.15) is 12.7 Å². The van der Waals surface area contributed by atoms with E-state index >= 15 is 0 Å². The minimum atomic E-state index is -0.503. The van der Waals surface area contributed by atoms with Crippen LogP contribution in [-0.2, 0) is 0 Å². The monoisotopic (exact) mass is 281 g/mol. The lowest BCUT2D eigenvalue weighted by Crippen LogP contribution is -2.35. The normalized spacial score (nSPS) is 18.4. The lowest BCUT2D eigenvalue weighted by Gasteiger charge is -2.21. The molecule has 0 radical (unpaired) electrons. The Labute approximate surface area is 121 Å². The Morgan fingerprint density at radius 3 is 2.85 bits per heavy atom. The van der Waals surface area contributed by atoms with Crippen molar-refractivity contribution in [1.29, 1.82) is 0 Å². The number of nitrogens with one attached hydrogen (secondary N) is 1. The van der Waals surface area contributed by atoms with Crippen LogP contribution in [0.25, 0.3) is 0 Å². The zero-order chi connectivity index (χ0) is 14.4. The number of aliphatic hydroxyl groups excluding tert-OH is 1. The van der Waals surface area contributed by atoms with Gasteiger partial charge in [-0.25, -0.2) is 0 Å². The number of nitrogens with zero attached hydrogens (tertiary/aromatic N) is 2. The van der Waals surface area contributed by atoms with Gasteiger partial charge in [0.2, 0.25) is 5.88 Å². The van der Waals surface area contributed by atoms with Crippen LogP contribution in [0.2, 0.25) is 0 Å². The predicted octanol–water partition coefficient (Wildman–Crippen LogP) is 2.13. The fourth-order valence-corrected chi connectivity index (χ4v) is 2.56. The van der Waals surface area contributed by atoms with E-state index < -0.39 is 6.10 Å². The topological polar surface area (TPSA) is 59.3 Å². The van der Waals surface area contributed by atoms with Crippen LogP contribution in [0.1, 0.15) is 52.0 Å². The number of aromatic nitrogens is 2. The van der Waals surface area contributed by atoms with Gasteiger partial charge < -0.3 is 15.2 Å². The summed E-state index contributed by atoms with van der Waals surface area (Å²) in [5.74, 6) is 0.610. The highest BCUT2D eigenvalue weighted by molar-refractivity contribution is 5.06. The standard InChI is InChI=1S/C15H27N3O2/c1-12(2)16-10-14(19)11-20-15-8-9-18(17-15)13-6-4-3-5-7-13/h8-9,12-14,16,19H,3-7,10-11H2,1-2H3. The van der Waals surface area contributed by atoms with E-state index in [0.29, 0.717) is 24.5 Å². The van der Waals surface area contributed by atoms with Crippen molar-refractivity contribution in [2.75, 3.05) is 13.2 Å². The smallest absolute Gasteiger partial charge is 0.232 e. The van der Waals surface area contributed by atoms with E-state index in [9.17, 15) is 5.11 Å². The van der Waals surface area contributed by atoms with Gasteiger partial charge in [0.25, 0.3) is 0 Å². The molecule has 1 aromatic rings. The number of rotatable bonds is 7. The second-order valence-electron chi connectivity index (χ2n) is 5.95. The molecule has 1 aliphatic rings. The van der Waals surface area contributed by atoms with Crippen molar-refractivity contribution in [1.82, 2.24) is 15.1 Å². The van der Waals surface area contributed by atoms with Gasteiger partial charge in [0.05, 0.1) is 6.04 Å². The molecule has 1 fully saturated rings. The summed E-state index contributed by atoms with van der Waals surface area (Å²) in [7, 11) is 0. The minimum absolute atomic E-state index is 0.279. The molecule has 0 bridgehead atoms. The fourth-order valence-electron chi connectivity index (χ4n) is 2.56. The fraction of sp³-hybridized carbons (Fsp3) is 0.800. The van der Waals surface area contributed by atoms with Gasteiger partial charge in [-0.2, -0.15) is 0 Å². The Kier molecular flexibility index (Phi) is 5.86. The third kappa shape index (κ3) is 4.80. The van der Waals surface area contributed by atoms with Crippen LogP contribution < -0.4 is 10.1 Å². The Bertz CT molecular complexity index is 386. The van der Waals surface area contributed by atoms with Crippen LogP contribution in [0.5, 0.6) is 5.88 Å². The summed E-state index contributed by atoms with van der Waals surface area (Å²) in [5.41, 5.74) is 0. The number of hydrogen-bond acceptors (Lipinski definition) is 4. The van der Waals surface area contributed by atoms with Crippen molar-refractivity contribution in [3.63, 3.8) is 0 Å². The second kappa shape index (κ2) is 7.64. The molecule has 0 aliphatic heterocycles. The van der Waals surface area contributed by atoms with E-state index in [2.05, 4.69) is 24.3 Å². The van der Waals surface area contributed by atoms with E-state index in [1.807, 2.05) is 16.9 Å². The molecular weight excluding hydrogens is 254 g/mol. The summed E-state index contributed by atoms with van der Waals surface area (Å²) in [5, 5.41) is 17.4. The highest BCUT2D eigenvalue weighted by atomic mass is 16.5. The summed E-state index contributed by atoms with van der Waals surface area (Å²) in [6, 6.07) is 2.78. The molecule has 0 aromatic carbocycles. The van der Waals surface area contributed by atoms with Crippen molar-refractivity contribution in [3.8, 4) is 5.88 Å². The lowest BCUT2D eigenvalue weighted by molar-refractivity contribution is 0.101. The third-order valence-electron chi connectivity index (χ3n) is 3.72. The van der Waals surface area contributed by atoms with Crippen LogP contribution in [0.15, 0.2) is 12.3 Å². The molecule has 2 N–H and O–H groups in total. The van der Waals surface area contributed by atoms with Crippen LogP contribution in [-0.4, -0.2) is 40.2 Å². The summed E-state index contributed by atoms with van der Waals surface area (Å²) in [4.78, 5) is 0. The molecule has 1 unspecified atom stereocenters. The van der Waals surface area contributed by atoms with Crippen LogP contribution in [0, 0.1) is 0 Å². The van der Waals surface area contributed by atoms with Crippen molar-refractivity contribution < 1.29 is 9.84 Å². The van der Waals surface area contributed by atoms with Gasteiger partial charge in [0.15, 0.2) is 0 Å². The summed E-state index contributed by atoms with van der Waals surface area (Å²) in [6.07, 6.45) is 7.84. The van der Waals surface area contributed by atoms with Crippen LogP contribution in [0.4, 0.5) is 0 Å². The number of aliphatic hydroxyl groups is 1. The molecule has 0 amide bonds. The maximum atomic E-state index is 9.79. The number of ether oxygens (including phenoxy) is 1. The van der Waals surface area contributed by atoms with Crippen molar-refractivity contribution in [2.45, 2.75) is 64.1 Å². The van der Waals surface area contributed by atoms with Crippen molar-refractivity contribution in [3.05, 3.63) is 12.3 Å².